The summed E-state index contributed by atoms with van der Waals surface area (Å²) in [5, 5.41) is 6.34. The lowest BCUT2D eigenvalue weighted by Gasteiger charge is -2.05. The first-order chi connectivity index (χ1) is 11.5. The molecule has 5 nitrogen and oxygen atoms in total. The number of carbonyl (C=O) groups is 1. The van der Waals surface area contributed by atoms with Crippen LogP contribution in [0.5, 0.6) is 0 Å². The molecule has 0 saturated heterocycles. The molecular weight excluding hydrogens is 338 g/mol. The summed E-state index contributed by atoms with van der Waals surface area (Å²) in [6.45, 7) is 1.65. The predicted molar refractivity (Wildman–Crippen MR) is 85.4 cm³/mol. The van der Waals surface area contributed by atoms with Gasteiger partial charge in [0, 0.05) is 0 Å². The first kappa shape index (κ1) is 16.1. The van der Waals surface area contributed by atoms with Gasteiger partial charge >= 0.3 is 0 Å². The number of halogens is 3. The van der Waals surface area contributed by atoms with E-state index in [4.69, 9.17) is 11.6 Å². The Morgan fingerprint density at radius 1 is 1.17 bits per heavy atom. The van der Waals surface area contributed by atoms with Crippen LogP contribution in [0.3, 0.4) is 0 Å². The molecule has 0 aliphatic heterocycles. The van der Waals surface area contributed by atoms with Crippen molar-refractivity contribution in [2.45, 2.75) is 6.92 Å². The molecule has 3 aromatic rings. The number of aromatic nitrogens is 3. The molecule has 0 aliphatic rings. The summed E-state index contributed by atoms with van der Waals surface area (Å²) in [4.78, 5) is 16.3. The normalized spacial score (nSPS) is 10.7. The van der Waals surface area contributed by atoms with Crippen molar-refractivity contribution in [3.8, 4) is 5.69 Å². The lowest BCUT2D eigenvalue weighted by molar-refractivity contribution is 0.101. The number of carbonyl (C=O) groups excluding carboxylic acids is 1. The first-order valence-electron chi connectivity index (χ1n) is 6.90. The second-order valence-electron chi connectivity index (χ2n) is 4.93. The monoisotopic (exact) mass is 348 g/mol. The fourth-order valence-corrected chi connectivity index (χ4v) is 2.27. The number of hydrogen-bond donors (Lipinski definition) is 1. The van der Waals surface area contributed by atoms with Gasteiger partial charge in [-0.15, -0.1) is 5.10 Å². The highest BCUT2D eigenvalue weighted by molar-refractivity contribution is 6.31. The van der Waals surface area contributed by atoms with Crippen molar-refractivity contribution in [3.05, 3.63) is 70.8 Å². The van der Waals surface area contributed by atoms with Gasteiger partial charge in [0.15, 0.2) is 5.82 Å². The van der Waals surface area contributed by atoms with E-state index in [9.17, 15) is 13.6 Å². The van der Waals surface area contributed by atoms with Gasteiger partial charge in [0.2, 0.25) is 5.82 Å². The molecule has 0 fully saturated rings. The Labute approximate surface area is 140 Å². The molecule has 2 aromatic carbocycles. The van der Waals surface area contributed by atoms with Crippen LogP contribution in [0.1, 0.15) is 16.4 Å². The Kier molecular flexibility index (Phi) is 4.26. The highest BCUT2D eigenvalue weighted by Gasteiger charge is 2.17. The average Bonchev–Trinajstić information content (AvgIpc) is 2.94. The summed E-state index contributed by atoms with van der Waals surface area (Å²) in [6, 6.07) is 9.83. The standard InChI is InChI=1S/C16H11ClF2N4O/c1-9-20-15(22-23(9)11-7-5-10(18)6-8-11)16(24)21-13-4-2-3-12(17)14(13)19/h2-8H,1H3,(H,21,24). The molecule has 1 N–H and O–H groups in total. The van der Waals surface area contributed by atoms with Crippen molar-refractivity contribution in [1.82, 2.24) is 14.8 Å². The summed E-state index contributed by atoms with van der Waals surface area (Å²) in [5.74, 6) is -1.51. The molecule has 0 bridgehead atoms. The van der Waals surface area contributed by atoms with Crippen LogP contribution in [0, 0.1) is 18.6 Å². The Morgan fingerprint density at radius 3 is 2.58 bits per heavy atom. The highest BCUT2D eigenvalue weighted by atomic mass is 35.5. The van der Waals surface area contributed by atoms with Gasteiger partial charge in [0.25, 0.3) is 5.91 Å². The van der Waals surface area contributed by atoms with Crippen LogP contribution >= 0.6 is 11.6 Å². The minimum absolute atomic E-state index is 0.0664. The third-order valence-electron chi connectivity index (χ3n) is 3.24. The Hall–Kier alpha value is -2.80. The molecule has 24 heavy (non-hydrogen) atoms. The summed E-state index contributed by atoms with van der Waals surface area (Å²) in [5.41, 5.74) is 0.484. The van der Waals surface area contributed by atoms with E-state index in [0.717, 1.165) is 0 Å². The topological polar surface area (TPSA) is 59.8 Å². The smallest absolute Gasteiger partial charge is 0.295 e. The SMILES string of the molecule is Cc1nc(C(=O)Nc2cccc(Cl)c2F)nn1-c1ccc(F)cc1. The van der Waals surface area contributed by atoms with Crippen molar-refractivity contribution in [2.24, 2.45) is 0 Å². The second-order valence-corrected chi connectivity index (χ2v) is 5.33. The van der Waals surface area contributed by atoms with Crippen LogP contribution in [0.2, 0.25) is 5.02 Å². The Bertz CT molecular complexity index is 909. The quantitative estimate of drug-likeness (QED) is 0.784. The number of nitrogens with zero attached hydrogens (tertiary/aromatic N) is 3. The van der Waals surface area contributed by atoms with E-state index in [1.807, 2.05) is 0 Å². The van der Waals surface area contributed by atoms with Gasteiger partial charge in [-0.25, -0.2) is 18.4 Å². The van der Waals surface area contributed by atoms with Gasteiger partial charge in [-0.1, -0.05) is 17.7 Å². The van der Waals surface area contributed by atoms with Gasteiger partial charge in [-0.3, -0.25) is 4.79 Å². The maximum atomic E-state index is 13.8. The summed E-state index contributed by atoms with van der Waals surface area (Å²) in [7, 11) is 0. The molecule has 3 rings (SSSR count). The number of hydrogen-bond acceptors (Lipinski definition) is 3. The van der Waals surface area contributed by atoms with E-state index in [1.165, 1.54) is 47.1 Å². The molecule has 0 radical (unpaired) electrons. The van der Waals surface area contributed by atoms with Crippen LogP contribution in [0.15, 0.2) is 42.5 Å². The van der Waals surface area contributed by atoms with E-state index >= 15 is 0 Å². The highest BCUT2D eigenvalue weighted by Crippen LogP contribution is 2.22. The van der Waals surface area contributed by atoms with Gasteiger partial charge in [-0.2, -0.15) is 0 Å². The fraction of sp³-hybridized carbons (Fsp3) is 0.0625. The number of aryl methyl sites for hydroxylation is 1. The largest absolute Gasteiger partial charge is 0.317 e. The number of benzene rings is 2. The van der Waals surface area contributed by atoms with Gasteiger partial charge in [0.05, 0.1) is 16.4 Å². The van der Waals surface area contributed by atoms with Crippen molar-refractivity contribution < 1.29 is 13.6 Å². The predicted octanol–water partition coefficient (Wildman–Crippen LogP) is 3.76. The molecule has 0 atom stereocenters. The average molecular weight is 349 g/mol. The van der Waals surface area contributed by atoms with Crippen LogP contribution in [0.25, 0.3) is 5.69 Å². The summed E-state index contributed by atoms with van der Waals surface area (Å²) < 4.78 is 28.2. The van der Waals surface area contributed by atoms with E-state index in [0.29, 0.717) is 11.5 Å². The third-order valence-corrected chi connectivity index (χ3v) is 3.53. The van der Waals surface area contributed by atoms with Crippen LogP contribution in [0.4, 0.5) is 14.5 Å². The number of anilines is 1. The molecule has 0 unspecified atom stereocenters. The minimum atomic E-state index is -0.734. The molecule has 122 valence electrons. The van der Waals surface area contributed by atoms with Crippen molar-refractivity contribution in [1.29, 1.82) is 0 Å². The summed E-state index contributed by atoms with van der Waals surface area (Å²) in [6.07, 6.45) is 0. The second kappa shape index (κ2) is 6.37. The molecule has 8 heteroatoms. The van der Waals surface area contributed by atoms with E-state index < -0.39 is 11.7 Å². The Morgan fingerprint density at radius 2 is 1.88 bits per heavy atom. The molecule has 1 aromatic heterocycles. The zero-order valence-corrected chi connectivity index (χ0v) is 13.2. The third kappa shape index (κ3) is 3.11. The molecule has 0 saturated carbocycles. The first-order valence-corrected chi connectivity index (χ1v) is 7.28. The fourth-order valence-electron chi connectivity index (χ4n) is 2.09. The van der Waals surface area contributed by atoms with E-state index in [-0.39, 0.29) is 22.4 Å². The Balaban J connectivity index is 1.87. The number of amides is 1. The maximum Gasteiger partial charge on any atom is 0.295 e. The zero-order valence-electron chi connectivity index (χ0n) is 12.4. The molecule has 0 spiro atoms. The van der Waals surface area contributed by atoms with Crippen molar-refractivity contribution in [3.63, 3.8) is 0 Å². The van der Waals surface area contributed by atoms with Gasteiger partial charge < -0.3 is 5.32 Å². The van der Waals surface area contributed by atoms with Crippen molar-refractivity contribution >= 4 is 23.2 Å². The lowest BCUT2D eigenvalue weighted by Crippen LogP contribution is -2.15. The lowest BCUT2D eigenvalue weighted by atomic mass is 10.3. The van der Waals surface area contributed by atoms with Crippen LogP contribution < -0.4 is 5.32 Å². The molecule has 1 amide bonds. The molecule has 0 aliphatic carbocycles. The van der Waals surface area contributed by atoms with E-state index in [2.05, 4.69) is 15.4 Å². The maximum absolute atomic E-state index is 13.8. The van der Waals surface area contributed by atoms with Gasteiger partial charge in [0.1, 0.15) is 11.6 Å². The molecular formula is C16H11ClF2N4O. The van der Waals surface area contributed by atoms with Crippen LogP contribution in [-0.4, -0.2) is 20.7 Å². The number of rotatable bonds is 3. The van der Waals surface area contributed by atoms with Crippen LogP contribution in [-0.2, 0) is 0 Å². The zero-order chi connectivity index (χ0) is 17.3. The summed E-state index contributed by atoms with van der Waals surface area (Å²) >= 11 is 5.67. The molecule has 1 heterocycles. The van der Waals surface area contributed by atoms with E-state index in [1.54, 1.807) is 6.92 Å². The van der Waals surface area contributed by atoms with Crippen molar-refractivity contribution in [2.75, 3.05) is 5.32 Å². The minimum Gasteiger partial charge on any atom is -0.317 e. The van der Waals surface area contributed by atoms with Gasteiger partial charge in [-0.05, 0) is 43.3 Å². The number of nitrogens with one attached hydrogen (secondary N) is 1.